The Balaban J connectivity index is 0. The SMILES string of the molecule is CCCCCC=CBr.[MgH2]. The molecule has 0 aliphatic heterocycles. The van der Waals surface area contributed by atoms with Crippen molar-refractivity contribution in [2.45, 2.75) is 32.6 Å². The maximum atomic E-state index is 3.22. The number of halogens is 1. The molecule has 0 aliphatic carbocycles. The average molecular weight is 203 g/mol. The van der Waals surface area contributed by atoms with Gasteiger partial charge in [-0.15, -0.1) is 0 Å². The first-order valence-electron chi connectivity index (χ1n) is 3.17. The van der Waals surface area contributed by atoms with Crippen LogP contribution in [-0.2, 0) is 0 Å². The fourth-order valence-corrected chi connectivity index (χ4v) is 0.840. The van der Waals surface area contributed by atoms with Gasteiger partial charge in [-0.2, -0.15) is 0 Å². The standard InChI is InChI=1S/C7H13Br.Mg.2H/c1-2-3-4-5-6-7-8;;;/h6-7H,2-5H2,1H3;;;. The fourth-order valence-electron chi connectivity index (χ4n) is 0.575. The third kappa shape index (κ3) is 12.2. The van der Waals surface area contributed by atoms with Crippen LogP contribution in [0.2, 0.25) is 0 Å². The van der Waals surface area contributed by atoms with Crippen molar-refractivity contribution in [3.8, 4) is 0 Å². The van der Waals surface area contributed by atoms with Crippen molar-refractivity contribution in [2.75, 3.05) is 0 Å². The highest BCUT2D eigenvalue weighted by Gasteiger charge is 1.78. The molecule has 0 aromatic heterocycles. The van der Waals surface area contributed by atoms with Gasteiger partial charge in [0.2, 0.25) is 0 Å². The van der Waals surface area contributed by atoms with Crippen LogP contribution < -0.4 is 0 Å². The van der Waals surface area contributed by atoms with Gasteiger partial charge in [-0.25, -0.2) is 0 Å². The van der Waals surface area contributed by atoms with Gasteiger partial charge in [0, 0.05) is 0 Å². The van der Waals surface area contributed by atoms with Gasteiger partial charge in [0.25, 0.3) is 0 Å². The lowest BCUT2D eigenvalue weighted by Crippen LogP contribution is -1.68. The highest BCUT2D eigenvalue weighted by Crippen LogP contribution is 1.99. The summed E-state index contributed by atoms with van der Waals surface area (Å²) in [5.41, 5.74) is 0. The second-order valence-electron chi connectivity index (χ2n) is 1.86. The molecule has 0 heterocycles. The minimum atomic E-state index is 0. The van der Waals surface area contributed by atoms with Gasteiger partial charge < -0.3 is 0 Å². The molecular formula is C7H15BrMg. The van der Waals surface area contributed by atoms with Crippen LogP contribution in [0.25, 0.3) is 0 Å². The molecule has 0 fully saturated rings. The van der Waals surface area contributed by atoms with Crippen LogP contribution >= 0.6 is 15.9 Å². The Labute approximate surface area is 82.4 Å². The summed E-state index contributed by atoms with van der Waals surface area (Å²) in [4.78, 5) is 1.93. The Morgan fingerprint density at radius 1 is 1.33 bits per heavy atom. The Kier molecular flexibility index (Phi) is 16.5. The molecule has 0 aromatic rings. The van der Waals surface area contributed by atoms with E-state index in [0.29, 0.717) is 0 Å². The zero-order chi connectivity index (χ0) is 6.24. The Morgan fingerprint density at radius 2 is 2.00 bits per heavy atom. The van der Waals surface area contributed by atoms with Crippen molar-refractivity contribution in [3.05, 3.63) is 11.1 Å². The molecule has 0 bridgehead atoms. The summed E-state index contributed by atoms with van der Waals surface area (Å²) in [6.45, 7) is 2.22. The number of rotatable bonds is 4. The molecule has 0 unspecified atom stereocenters. The maximum absolute atomic E-state index is 3.22. The van der Waals surface area contributed by atoms with E-state index in [0.717, 1.165) is 0 Å². The lowest BCUT2D eigenvalue weighted by Gasteiger charge is -1.88. The number of allylic oxidation sites excluding steroid dienone is 1. The van der Waals surface area contributed by atoms with Gasteiger partial charge in [0.05, 0.1) is 0 Å². The third-order valence-corrected chi connectivity index (χ3v) is 1.44. The van der Waals surface area contributed by atoms with E-state index < -0.39 is 0 Å². The van der Waals surface area contributed by atoms with Gasteiger partial charge in [-0.1, -0.05) is 41.8 Å². The summed E-state index contributed by atoms with van der Waals surface area (Å²) < 4.78 is 0. The highest BCUT2D eigenvalue weighted by atomic mass is 79.9. The second kappa shape index (κ2) is 11.7. The monoisotopic (exact) mass is 202 g/mol. The summed E-state index contributed by atoms with van der Waals surface area (Å²) in [6, 6.07) is 0. The van der Waals surface area contributed by atoms with Crippen molar-refractivity contribution in [1.82, 2.24) is 0 Å². The predicted molar refractivity (Wildman–Crippen MR) is 50.8 cm³/mol. The van der Waals surface area contributed by atoms with Crippen LogP contribution in [0.4, 0.5) is 0 Å². The van der Waals surface area contributed by atoms with E-state index in [4.69, 9.17) is 0 Å². The Bertz CT molecular complexity index is 61.9. The number of unbranched alkanes of at least 4 members (excludes halogenated alkanes) is 3. The van der Waals surface area contributed by atoms with Crippen LogP contribution in [0, 0.1) is 0 Å². The first-order valence-corrected chi connectivity index (χ1v) is 4.08. The molecule has 0 amide bonds. The molecule has 0 nitrogen and oxygen atoms in total. The molecule has 0 saturated carbocycles. The Hall–Kier alpha value is 0.986. The molecule has 0 radical (unpaired) electrons. The molecule has 0 N–H and O–H groups in total. The van der Waals surface area contributed by atoms with Gasteiger partial charge in [-0.05, 0) is 17.8 Å². The van der Waals surface area contributed by atoms with Crippen molar-refractivity contribution in [1.29, 1.82) is 0 Å². The molecule has 0 rings (SSSR count). The third-order valence-electron chi connectivity index (χ3n) is 1.06. The summed E-state index contributed by atoms with van der Waals surface area (Å²) in [7, 11) is 0. The first-order chi connectivity index (χ1) is 3.91. The molecular weight excluding hydrogens is 188 g/mol. The largest absolute Gasteiger partial charge is 0.316 e. The molecule has 2 heteroatoms. The summed E-state index contributed by atoms with van der Waals surface area (Å²) in [6.07, 6.45) is 7.38. The predicted octanol–water partition coefficient (Wildman–Crippen LogP) is 2.56. The highest BCUT2D eigenvalue weighted by molar-refractivity contribution is 9.11. The first kappa shape index (κ1) is 12.6. The van der Waals surface area contributed by atoms with Gasteiger partial charge in [-0.3, -0.25) is 0 Å². The van der Waals surface area contributed by atoms with Crippen molar-refractivity contribution < 1.29 is 0 Å². The van der Waals surface area contributed by atoms with E-state index in [1.807, 2.05) is 4.99 Å². The number of hydrogen-bond acceptors (Lipinski definition) is 0. The minimum absolute atomic E-state index is 0. The average Bonchev–Trinajstić information content (AvgIpc) is 1.81. The van der Waals surface area contributed by atoms with Gasteiger partial charge in [0.1, 0.15) is 0 Å². The smallest absolute Gasteiger partial charge is 0.0776 e. The molecule has 0 atom stereocenters. The van der Waals surface area contributed by atoms with Gasteiger partial charge >= 0.3 is 23.1 Å². The molecule has 0 saturated heterocycles. The second-order valence-corrected chi connectivity index (χ2v) is 2.39. The lowest BCUT2D eigenvalue weighted by atomic mass is 10.2. The van der Waals surface area contributed by atoms with Crippen LogP contribution in [0.15, 0.2) is 11.1 Å². The van der Waals surface area contributed by atoms with Crippen molar-refractivity contribution in [3.63, 3.8) is 0 Å². The quantitative estimate of drug-likeness (QED) is 0.487. The maximum Gasteiger partial charge on any atom is 0.316 e. The fraction of sp³-hybridized carbons (Fsp3) is 0.714. The van der Waals surface area contributed by atoms with Crippen LogP contribution in [0.1, 0.15) is 32.6 Å². The zero-order valence-corrected chi connectivity index (χ0v) is 6.95. The van der Waals surface area contributed by atoms with E-state index in [2.05, 4.69) is 28.9 Å². The summed E-state index contributed by atoms with van der Waals surface area (Å²) in [5.74, 6) is 0. The topological polar surface area (TPSA) is 0 Å². The minimum Gasteiger partial charge on any atom is -0.0776 e. The van der Waals surface area contributed by atoms with E-state index in [-0.39, 0.29) is 23.1 Å². The number of hydrogen-bond donors (Lipinski definition) is 0. The Morgan fingerprint density at radius 3 is 2.44 bits per heavy atom. The van der Waals surface area contributed by atoms with E-state index in [9.17, 15) is 0 Å². The summed E-state index contributed by atoms with van der Waals surface area (Å²) >= 11 is 3.22. The van der Waals surface area contributed by atoms with Crippen LogP contribution in [0.3, 0.4) is 0 Å². The van der Waals surface area contributed by atoms with Crippen molar-refractivity contribution in [2.24, 2.45) is 0 Å². The van der Waals surface area contributed by atoms with Gasteiger partial charge in [0.15, 0.2) is 0 Å². The van der Waals surface area contributed by atoms with E-state index in [1.165, 1.54) is 25.7 Å². The molecule has 9 heavy (non-hydrogen) atoms. The molecule has 52 valence electrons. The van der Waals surface area contributed by atoms with Crippen LogP contribution in [-0.4, -0.2) is 23.1 Å². The van der Waals surface area contributed by atoms with Crippen LogP contribution in [0.5, 0.6) is 0 Å². The van der Waals surface area contributed by atoms with Crippen molar-refractivity contribution >= 4 is 39.0 Å². The molecule has 0 spiro atoms. The lowest BCUT2D eigenvalue weighted by molar-refractivity contribution is 0.729. The van der Waals surface area contributed by atoms with E-state index >= 15 is 0 Å². The normalized spacial score (nSPS) is 9.56. The molecule has 0 aliphatic rings. The van der Waals surface area contributed by atoms with E-state index in [1.54, 1.807) is 0 Å². The summed E-state index contributed by atoms with van der Waals surface area (Å²) in [5, 5.41) is 0. The zero-order valence-electron chi connectivity index (χ0n) is 5.36. The molecule has 0 aromatic carbocycles.